The van der Waals surface area contributed by atoms with Crippen molar-refractivity contribution in [3.63, 3.8) is 0 Å². The van der Waals surface area contributed by atoms with Crippen molar-refractivity contribution in [2.45, 2.75) is 38.5 Å². The number of fused-ring (bicyclic) bond motifs is 1. The molecule has 1 aliphatic carbocycles. The van der Waals surface area contributed by atoms with E-state index in [9.17, 15) is 17.6 Å². The van der Waals surface area contributed by atoms with Crippen molar-refractivity contribution < 1.29 is 22.0 Å². The van der Waals surface area contributed by atoms with Crippen LogP contribution in [0.4, 0.5) is 22.0 Å². The average molecular weight is 512 g/mol. The van der Waals surface area contributed by atoms with Gasteiger partial charge >= 0.3 is 0 Å². The summed E-state index contributed by atoms with van der Waals surface area (Å²) in [5, 5.41) is 0. The standard InChI is InChI=1S/C31H30F5N/c32-15-4-16-37-18-21(19-37)17-20-9-11-23(12-10-20)28-24-7-2-1-5-22(24)6-3-8-25(28)29-26(31(35)36)13-14-27(33)30(29)34/h1-2,5,7,9-14,21,31H,3-4,6,8,15-19H2. The van der Waals surface area contributed by atoms with Crippen LogP contribution >= 0.6 is 0 Å². The first-order valence-electron chi connectivity index (χ1n) is 12.9. The van der Waals surface area contributed by atoms with Gasteiger partial charge in [0.25, 0.3) is 6.43 Å². The van der Waals surface area contributed by atoms with Crippen molar-refractivity contribution in [1.82, 2.24) is 4.90 Å². The fourth-order valence-electron chi connectivity index (χ4n) is 5.77. The Morgan fingerprint density at radius 1 is 0.892 bits per heavy atom. The Bertz CT molecular complexity index is 1280. The third kappa shape index (κ3) is 5.35. The first kappa shape index (κ1) is 25.7. The molecule has 0 atom stereocenters. The number of hydrogen-bond acceptors (Lipinski definition) is 1. The molecule has 0 radical (unpaired) electrons. The molecule has 1 fully saturated rings. The predicted molar refractivity (Wildman–Crippen MR) is 137 cm³/mol. The molecule has 0 N–H and O–H groups in total. The predicted octanol–water partition coefficient (Wildman–Crippen LogP) is 8.03. The molecule has 0 bridgehead atoms. The molecule has 3 aromatic carbocycles. The van der Waals surface area contributed by atoms with Crippen LogP contribution in [0.5, 0.6) is 0 Å². The number of likely N-dealkylation sites (tertiary alicyclic amines) is 1. The zero-order valence-corrected chi connectivity index (χ0v) is 20.6. The molecule has 0 aromatic heterocycles. The quantitative estimate of drug-likeness (QED) is 0.277. The summed E-state index contributed by atoms with van der Waals surface area (Å²) in [5.74, 6) is -1.82. The monoisotopic (exact) mass is 511 g/mol. The van der Waals surface area contributed by atoms with Crippen LogP contribution in [0.2, 0.25) is 0 Å². The second kappa shape index (κ2) is 11.2. The van der Waals surface area contributed by atoms with E-state index in [1.54, 1.807) is 0 Å². The maximum atomic E-state index is 15.2. The third-order valence-electron chi connectivity index (χ3n) is 7.53. The van der Waals surface area contributed by atoms with Gasteiger partial charge in [-0.3, -0.25) is 4.39 Å². The lowest BCUT2D eigenvalue weighted by atomic mass is 9.85. The number of aryl methyl sites for hydroxylation is 1. The number of halogens is 5. The molecule has 1 nitrogen and oxygen atoms in total. The van der Waals surface area contributed by atoms with Crippen molar-refractivity contribution in [2.24, 2.45) is 5.92 Å². The Morgan fingerprint density at radius 3 is 2.38 bits per heavy atom. The summed E-state index contributed by atoms with van der Waals surface area (Å²) in [6.07, 6.45) is 0.285. The third-order valence-corrected chi connectivity index (χ3v) is 7.53. The molecule has 1 aliphatic heterocycles. The van der Waals surface area contributed by atoms with Crippen LogP contribution in [0.3, 0.4) is 0 Å². The molecule has 6 heteroatoms. The first-order chi connectivity index (χ1) is 18.0. The zero-order valence-electron chi connectivity index (χ0n) is 20.6. The van der Waals surface area contributed by atoms with Gasteiger partial charge in [-0.05, 0) is 83.6 Å². The highest BCUT2D eigenvalue weighted by molar-refractivity contribution is 6.00. The van der Waals surface area contributed by atoms with Gasteiger partial charge in [0.2, 0.25) is 0 Å². The number of alkyl halides is 3. The Morgan fingerprint density at radius 2 is 1.65 bits per heavy atom. The Hall–Kier alpha value is -2.99. The van der Waals surface area contributed by atoms with Crippen LogP contribution in [-0.2, 0) is 12.8 Å². The molecule has 37 heavy (non-hydrogen) atoms. The topological polar surface area (TPSA) is 3.24 Å². The molecule has 0 unspecified atom stereocenters. The van der Waals surface area contributed by atoms with E-state index >= 15 is 4.39 Å². The second-order valence-electron chi connectivity index (χ2n) is 10.1. The van der Waals surface area contributed by atoms with E-state index in [0.717, 1.165) is 66.9 Å². The van der Waals surface area contributed by atoms with E-state index in [4.69, 9.17) is 0 Å². The molecule has 1 heterocycles. The molecule has 5 rings (SSSR count). The summed E-state index contributed by atoms with van der Waals surface area (Å²) >= 11 is 0. The highest BCUT2D eigenvalue weighted by Crippen LogP contribution is 2.43. The van der Waals surface area contributed by atoms with E-state index in [0.29, 0.717) is 36.3 Å². The highest BCUT2D eigenvalue weighted by atomic mass is 19.3. The van der Waals surface area contributed by atoms with E-state index in [1.807, 2.05) is 48.5 Å². The Balaban J connectivity index is 1.54. The molecule has 0 spiro atoms. The molecule has 2 aliphatic rings. The van der Waals surface area contributed by atoms with Gasteiger partial charge in [-0.15, -0.1) is 0 Å². The minimum absolute atomic E-state index is 0.290. The number of rotatable bonds is 8. The molecule has 194 valence electrons. The first-order valence-corrected chi connectivity index (χ1v) is 12.9. The van der Waals surface area contributed by atoms with Crippen molar-refractivity contribution in [3.8, 4) is 0 Å². The lowest BCUT2D eigenvalue weighted by Gasteiger charge is -2.39. The van der Waals surface area contributed by atoms with Crippen LogP contribution in [0.25, 0.3) is 11.1 Å². The smallest absolute Gasteiger partial charge is 0.264 e. The van der Waals surface area contributed by atoms with Crippen molar-refractivity contribution in [1.29, 1.82) is 0 Å². The minimum Gasteiger partial charge on any atom is -0.303 e. The molecular weight excluding hydrogens is 481 g/mol. The van der Waals surface area contributed by atoms with Crippen molar-refractivity contribution in [3.05, 3.63) is 106 Å². The SMILES string of the molecule is FCCCN1CC(Cc2ccc(C3=C(c4c(C(F)F)ccc(F)c4F)CCCc4ccccc43)cc2)C1. The maximum absolute atomic E-state index is 15.2. The zero-order chi connectivity index (χ0) is 25.9. The number of hydrogen-bond donors (Lipinski definition) is 0. The van der Waals surface area contributed by atoms with Gasteiger partial charge in [-0.2, -0.15) is 0 Å². The molecule has 1 saturated heterocycles. The summed E-state index contributed by atoms with van der Waals surface area (Å²) in [6.45, 7) is 2.42. The summed E-state index contributed by atoms with van der Waals surface area (Å²) in [5.41, 5.74) is 4.21. The molecule has 0 saturated carbocycles. The lowest BCUT2D eigenvalue weighted by Crippen LogP contribution is -2.47. The fourth-order valence-corrected chi connectivity index (χ4v) is 5.77. The van der Waals surface area contributed by atoms with E-state index < -0.39 is 23.6 Å². The van der Waals surface area contributed by atoms with Crippen LogP contribution in [0.1, 0.15) is 59.1 Å². The van der Waals surface area contributed by atoms with Gasteiger partial charge in [0, 0.05) is 30.8 Å². The van der Waals surface area contributed by atoms with Gasteiger partial charge in [-0.25, -0.2) is 17.6 Å². The van der Waals surface area contributed by atoms with Crippen LogP contribution in [0, 0.1) is 17.6 Å². The molecular formula is C31H30F5N. The van der Waals surface area contributed by atoms with Gasteiger partial charge in [0.15, 0.2) is 11.6 Å². The number of allylic oxidation sites excluding steroid dienone is 1. The van der Waals surface area contributed by atoms with Gasteiger partial charge in [-0.1, -0.05) is 48.5 Å². The molecule has 3 aromatic rings. The normalized spacial score (nSPS) is 16.6. The van der Waals surface area contributed by atoms with Crippen LogP contribution in [-0.4, -0.2) is 31.2 Å². The van der Waals surface area contributed by atoms with Crippen LogP contribution in [0.15, 0.2) is 60.7 Å². The fraction of sp³-hybridized carbons (Fsp3) is 0.355. The summed E-state index contributed by atoms with van der Waals surface area (Å²) < 4.78 is 69.9. The Kier molecular flexibility index (Phi) is 7.75. The Labute approximate surface area is 214 Å². The molecule has 0 amide bonds. The van der Waals surface area contributed by atoms with Gasteiger partial charge in [0.1, 0.15) is 0 Å². The number of benzene rings is 3. The largest absolute Gasteiger partial charge is 0.303 e. The van der Waals surface area contributed by atoms with Crippen molar-refractivity contribution in [2.75, 3.05) is 26.3 Å². The van der Waals surface area contributed by atoms with Crippen LogP contribution < -0.4 is 0 Å². The second-order valence-corrected chi connectivity index (χ2v) is 10.1. The summed E-state index contributed by atoms with van der Waals surface area (Å²) in [6, 6.07) is 17.5. The van der Waals surface area contributed by atoms with E-state index in [-0.39, 0.29) is 12.2 Å². The maximum Gasteiger partial charge on any atom is 0.264 e. The average Bonchev–Trinajstić information content (AvgIpc) is 3.06. The summed E-state index contributed by atoms with van der Waals surface area (Å²) in [7, 11) is 0. The minimum atomic E-state index is -2.92. The van der Waals surface area contributed by atoms with Crippen molar-refractivity contribution >= 4 is 11.1 Å². The van der Waals surface area contributed by atoms with Gasteiger partial charge < -0.3 is 4.90 Å². The van der Waals surface area contributed by atoms with E-state index in [1.165, 1.54) is 0 Å². The van der Waals surface area contributed by atoms with Gasteiger partial charge in [0.05, 0.1) is 6.67 Å². The lowest BCUT2D eigenvalue weighted by molar-refractivity contribution is 0.0968. The summed E-state index contributed by atoms with van der Waals surface area (Å²) in [4.78, 5) is 2.26. The number of nitrogens with zero attached hydrogens (tertiary/aromatic N) is 1. The highest BCUT2D eigenvalue weighted by Gasteiger charge is 2.29. The van der Waals surface area contributed by atoms with E-state index in [2.05, 4.69) is 4.90 Å².